The maximum atomic E-state index is 11.4. The Balaban J connectivity index is 2.75. The molecule has 0 bridgehead atoms. The Kier molecular flexibility index (Phi) is 9.28. The van der Waals surface area contributed by atoms with E-state index < -0.39 is 25.9 Å². The van der Waals surface area contributed by atoms with Gasteiger partial charge in [0.15, 0.2) is 0 Å². The van der Waals surface area contributed by atoms with E-state index in [2.05, 4.69) is 0 Å². The van der Waals surface area contributed by atoms with Crippen LogP contribution < -0.4 is 0 Å². The smallest absolute Gasteiger partial charge is 0.458 e. The van der Waals surface area contributed by atoms with Gasteiger partial charge in [-0.3, -0.25) is 4.52 Å². The first-order valence-electron chi connectivity index (χ1n) is 8.13. The normalized spacial score (nSPS) is 26.3. The summed E-state index contributed by atoms with van der Waals surface area (Å²) < 4.78 is 23.2. The quantitative estimate of drug-likeness (QED) is 0.260. The second kappa shape index (κ2) is 10.2. The molecule has 25 heavy (non-hydrogen) atoms. The fourth-order valence-electron chi connectivity index (χ4n) is 2.90. The number of carbonyl (C=O) groups excluding carboxylic acids is 1. The van der Waals surface area contributed by atoms with Gasteiger partial charge in [-0.1, -0.05) is 49.4 Å². The molecular weight excluding hydrogens is 462 g/mol. The summed E-state index contributed by atoms with van der Waals surface area (Å²) in [5.74, 6) is -0.832. The lowest BCUT2D eigenvalue weighted by molar-refractivity contribution is -0.149. The zero-order valence-corrected chi connectivity index (χ0v) is 17.5. The minimum Gasteiger partial charge on any atom is -0.458 e. The van der Waals surface area contributed by atoms with Crippen molar-refractivity contribution in [3.05, 3.63) is 22.3 Å². The highest BCUT2D eigenvalue weighted by atomic mass is 127. The first-order chi connectivity index (χ1) is 11.5. The van der Waals surface area contributed by atoms with Gasteiger partial charge < -0.3 is 19.6 Å². The molecule has 144 valence electrons. The van der Waals surface area contributed by atoms with E-state index in [1.54, 1.807) is 23.2 Å². The molecule has 0 aliphatic carbocycles. The van der Waals surface area contributed by atoms with Crippen LogP contribution >= 0.6 is 30.4 Å². The highest BCUT2D eigenvalue weighted by Crippen LogP contribution is 2.41. The lowest BCUT2D eigenvalue weighted by atomic mass is 9.85. The number of esters is 1. The number of halogens is 1. The summed E-state index contributed by atoms with van der Waals surface area (Å²) in [5.41, 5.74) is 0. The van der Waals surface area contributed by atoms with Crippen LogP contribution in [0.5, 0.6) is 0 Å². The van der Waals surface area contributed by atoms with Crippen LogP contribution in [-0.2, 0) is 18.6 Å². The predicted molar refractivity (Wildman–Crippen MR) is 102 cm³/mol. The molecule has 7 nitrogen and oxygen atoms in total. The van der Waals surface area contributed by atoms with E-state index in [-0.39, 0.29) is 23.9 Å². The van der Waals surface area contributed by atoms with Crippen LogP contribution in [-0.4, -0.2) is 39.2 Å². The Morgan fingerprint density at radius 3 is 2.60 bits per heavy atom. The number of rotatable bonds is 9. The molecule has 1 rings (SSSR count). The molecule has 0 aromatic carbocycles. The lowest BCUT2D eigenvalue weighted by Crippen LogP contribution is -2.35. The van der Waals surface area contributed by atoms with E-state index in [9.17, 15) is 14.5 Å². The highest BCUT2D eigenvalue weighted by molar-refractivity contribution is 14.1. The van der Waals surface area contributed by atoms with Gasteiger partial charge in [-0.05, 0) is 28.9 Å². The number of cyclic esters (lactones) is 1. The molecule has 0 saturated heterocycles. The van der Waals surface area contributed by atoms with E-state index >= 15 is 0 Å². The minimum absolute atomic E-state index is 0.0174. The molecule has 6 atom stereocenters. The lowest BCUT2D eigenvalue weighted by Gasteiger charge is -2.32. The average Bonchev–Trinajstić information content (AvgIpc) is 2.51. The van der Waals surface area contributed by atoms with Gasteiger partial charge in [0.25, 0.3) is 0 Å². The van der Waals surface area contributed by atoms with E-state index in [1.807, 2.05) is 36.4 Å². The number of ether oxygens (including phenoxy) is 1. The van der Waals surface area contributed by atoms with E-state index in [1.165, 1.54) is 6.08 Å². The van der Waals surface area contributed by atoms with Crippen LogP contribution in [0.15, 0.2) is 22.3 Å². The van der Waals surface area contributed by atoms with Crippen LogP contribution in [0.2, 0.25) is 0 Å². The van der Waals surface area contributed by atoms with Gasteiger partial charge in [-0.25, -0.2) is 9.36 Å². The number of aliphatic hydroxyl groups excluding tert-OH is 1. The molecule has 0 unspecified atom stereocenters. The first-order valence-corrected chi connectivity index (χ1v) is 10.9. The summed E-state index contributed by atoms with van der Waals surface area (Å²) >= 11 is 1.96. The van der Waals surface area contributed by atoms with Crippen LogP contribution in [0.25, 0.3) is 0 Å². The number of carbonyl (C=O) groups is 1. The summed E-state index contributed by atoms with van der Waals surface area (Å²) in [6.45, 7) is 5.55. The summed E-state index contributed by atoms with van der Waals surface area (Å²) in [6, 6.07) is 0. The van der Waals surface area contributed by atoms with Crippen LogP contribution in [0.3, 0.4) is 0 Å². The Morgan fingerprint density at radius 2 is 2.04 bits per heavy atom. The van der Waals surface area contributed by atoms with Crippen LogP contribution in [0, 0.1) is 17.8 Å². The Bertz CT molecular complexity index is 545. The third-order valence-corrected chi connectivity index (χ3v) is 5.40. The van der Waals surface area contributed by atoms with Crippen molar-refractivity contribution >= 4 is 36.4 Å². The molecule has 0 aromatic rings. The van der Waals surface area contributed by atoms with Crippen molar-refractivity contribution in [2.24, 2.45) is 17.8 Å². The molecule has 0 amide bonds. The van der Waals surface area contributed by atoms with Gasteiger partial charge >= 0.3 is 13.8 Å². The summed E-state index contributed by atoms with van der Waals surface area (Å²) in [6.07, 6.45) is 3.62. The maximum Gasteiger partial charge on any atom is 0.469 e. The molecule has 0 saturated carbocycles. The fraction of sp³-hybridized carbons (Fsp3) is 0.688. The van der Waals surface area contributed by atoms with Gasteiger partial charge in [-0.15, -0.1) is 0 Å². The second-order valence-electron chi connectivity index (χ2n) is 6.48. The van der Waals surface area contributed by atoms with Gasteiger partial charge in [-0.2, -0.15) is 0 Å². The Hall–Kier alpha value is -0.250. The molecule has 1 aliphatic rings. The van der Waals surface area contributed by atoms with Gasteiger partial charge in [0.05, 0.1) is 12.2 Å². The van der Waals surface area contributed by atoms with Crippen molar-refractivity contribution in [3.63, 3.8) is 0 Å². The van der Waals surface area contributed by atoms with Crippen molar-refractivity contribution in [2.75, 3.05) is 0 Å². The topological polar surface area (TPSA) is 113 Å². The van der Waals surface area contributed by atoms with Crippen LogP contribution in [0.4, 0.5) is 0 Å². The largest absolute Gasteiger partial charge is 0.469 e. The fourth-order valence-corrected chi connectivity index (χ4v) is 3.98. The monoisotopic (exact) mass is 488 g/mol. The highest BCUT2D eigenvalue weighted by Gasteiger charge is 2.33. The predicted octanol–water partition coefficient (Wildman–Crippen LogP) is 2.94. The van der Waals surface area contributed by atoms with Gasteiger partial charge in [0, 0.05) is 17.9 Å². The van der Waals surface area contributed by atoms with Gasteiger partial charge in [0.1, 0.15) is 6.10 Å². The maximum absolute atomic E-state index is 11.4. The van der Waals surface area contributed by atoms with Crippen molar-refractivity contribution in [2.45, 2.75) is 51.9 Å². The number of phosphoric ester groups is 1. The first kappa shape index (κ1) is 22.8. The second-order valence-corrected chi connectivity index (χ2v) is 8.39. The van der Waals surface area contributed by atoms with Crippen molar-refractivity contribution in [1.29, 1.82) is 0 Å². The third-order valence-electron chi connectivity index (χ3n) is 4.44. The Labute approximate surface area is 161 Å². The molecule has 0 spiro atoms. The van der Waals surface area contributed by atoms with Gasteiger partial charge in [0.2, 0.25) is 0 Å². The molecule has 0 fully saturated rings. The van der Waals surface area contributed by atoms with E-state index in [4.69, 9.17) is 19.0 Å². The molecule has 1 aliphatic heterocycles. The number of hydrogen-bond donors (Lipinski definition) is 3. The minimum atomic E-state index is -4.68. The molecule has 1 heterocycles. The number of phosphoric acid groups is 1. The van der Waals surface area contributed by atoms with Crippen molar-refractivity contribution < 1.29 is 33.5 Å². The standard InChI is InChI=1S/C16H26IO7P/c1-10(16-11(2)5-7-15(19)23-16)4-6-14(24-25(20,21)22)12(3)13(18)8-9-17/h5,7-14,16,18H,4,6H2,1-3H3,(H2,20,21,22)/b9-8-/t10-,11-,12+,13-,14-,16-/m0/s1. The van der Waals surface area contributed by atoms with E-state index in [0.717, 1.165) is 0 Å². The molecule has 0 radical (unpaired) electrons. The summed E-state index contributed by atoms with van der Waals surface area (Å²) in [5, 5.41) is 10.1. The zero-order valence-electron chi connectivity index (χ0n) is 14.5. The third kappa shape index (κ3) is 7.88. The van der Waals surface area contributed by atoms with Crippen molar-refractivity contribution in [1.82, 2.24) is 0 Å². The molecule has 0 aromatic heterocycles. The molecule has 3 N–H and O–H groups in total. The number of aliphatic hydroxyl groups is 1. The molecule has 9 heteroatoms. The van der Waals surface area contributed by atoms with Crippen molar-refractivity contribution in [3.8, 4) is 0 Å². The number of hydrogen-bond acceptors (Lipinski definition) is 5. The summed E-state index contributed by atoms with van der Waals surface area (Å²) in [7, 11) is -4.68. The average molecular weight is 488 g/mol. The van der Waals surface area contributed by atoms with Crippen LogP contribution in [0.1, 0.15) is 33.6 Å². The zero-order chi connectivity index (χ0) is 19.2. The SMILES string of the molecule is C[C@@H]([C@H](CC[C@H](C)[C@@H]1OC(=O)C=C[C@@H]1C)OP(=O)(O)O)[C@@H](O)/C=C\I. The summed E-state index contributed by atoms with van der Waals surface area (Å²) in [4.78, 5) is 29.7. The van der Waals surface area contributed by atoms with E-state index in [0.29, 0.717) is 12.8 Å². The molecular formula is C16H26IO7P. The Morgan fingerprint density at radius 1 is 1.40 bits per heavy atom.